The average molecular weight is 616 g/mol. The van der Waals surface area contributed by atoms with Crippen molar-refractivity contribution in [2.45, 2.75) is 63.5 Å². The molecule has 0 radical (unpaired) electrons. The van der Waals surface area contributed by atoms with Gasteiger partial charge in [-0.15, -0.1) is 0 Å². The Hall–Kier alpha value is -2.76. The molecule has 0 saturated carbocycles. The second-order valence-corrected chi connectivity index (χ2v) is 26.0. The molecule has 0 aliphatic heterocycles. The minimum absolute atomic E-state index is 0.162. The zero-order valence-electron chi connectivity index (χ0n) is 26.0. The van der Waals surface area contributed by atoms with Crippen LogP contribution in [0.4, 0.5) is 0 Å². The molecule has 2 aliphatic rings. The molecule has 1 heteroatoms. The molecule has 0 fully saturated rings. The van der Waals surface area contributed by atoms with Crippen LogP contribution in [-0.4, -0.2) is 0 Å². The number of hydrogen-bond donors (Lipinski definition) is 0. The van der Waals surface area contributed by atoms with E-state index < -0.39 is 20.3 Å². The fourth-order valence-corrected chi connectivity index (χ4v) is 20.0. The van der Waals surface area contributed by atoms with E-state index in [1.54, 1.807) is 22.3 Å². The van der Waals surface area contributed by atoms with Crippen molar-refractivity contribution in [3.63, 3.8) is 0 Å². The van der Waals surface area contributed by atoms with Gasteiger partial charge in [-0.2, -0.15) is 0 Å². The third kappa shape index (κ3) is 4.89. The quantitative estimate of drug-likeness (QED) is 0.209. The Morgan fingerprint density at radius 3 is 1.71 bits per heavy atom. The van der Waals surface area contributed by atoms with Crippen molar-refractivity contribution in [2.24, 2.45) is 5.92 Å². The van der Waals surface area contributed by atoms with E-state index in [0.717, 1.165) is 0 Å². The van der Waals surface area contributed by atoms with Crippen molar-refractivity contribution >= 4 is 12.2 Å². The molecule has 41 heavy (non-hydrogen) atoms. The summed E-state index contributed by atoms with van der Waals surface area (Å²) < 4.78 is 6.58. The summed E-state index contributed by atoms with van der Waals surface area (Å²) in [6.07, 6.45) is 5.11. The third-order valence-corrected chi connectivity index (χ3v) is 20.5. The molecule has 0 amide bonds. The third-order valence-electron chi connectivity index (χ3n) is 9.67. The summed E-state index contributed by atoms with van der Waals surface area (Å²) in [5, 5.41) is 0. The Labute approximate surface area is 252 Å². The van der Waals surface area contributed by atoms with Gasteiger partial charge in [0, 0.05) is 0 Å². The zero-order valence-corrected chi connectivity index (χ0v) is 28.5. The van der Waals surface area contributed by atoms with Crippen molar-refractivity contribution in [3.05, 3.63) is 130 Å². The van der Waals surface area contributed by atoms with Crippen LogP contribution in [0.15, 0.2) is 102 Å². The monoisotopic (exact) mass is 614 g/mol. The molecule has 2 atom stereocenters. The molecular formula is C40H44Zr. The summed E-state index contributed by atoms with van der Waals surface area (Å²) in [5.41, 5.74) is 16.2. The van der Waals surface area contributed by atoms with Gasteiger partial charge < -0.3 is 0 Å². The van der Waals surface area contributed by atoms with E-state index in [9.17, 15) is 0 Å². The Kier molecular flexibility index (Phi) is 7.27. The summed E-state index contributed by atoms with van der Waals surface area (Å²) in [7, 11) is 0. The molecule has 6 rings (SSSR count). The number of benzene rings is 4. The Morgan fingerprint density at radius 2 is 1.15 bits per heavy atom. The van der Waals surface area contributed by atoms with Crippen LogP contribution in [-0.2, 0) is 25.7 Å². The maximum absolute atomic E-state index is 2.94. The van der Waals surface area contributed by atoms with E-state index in [2.05, 4.69) is 154 Å². The summed E-state index contributed by atoms with van der Waals surface area (Å²) in [6, 6.07) is 34.4. The molecule has 2 unspecified atom stereocenters. The van der Waals surface area contributed by atoms with E-state index in [-0.39, 0.29) is 5.41 Å². The number of rotatable bonds is 5. The average Bonchev–Trinajstić information content (AvgIpc) is 3.51. The Bertz CT molecular complexity index is 1660. The van der Waals surface area contributed by atoms with E-state index in [1.165, 1.54) is 38.9 Å². The number of hydrogen-bond acceptors (Lipinski definition) is 0. The summed E-state index contributed by atoms with van der Waals surface area (Å²) >= 11 is -2.94. The van der Waals surface area contributed by atoms with Gasteiger partial charge in [0.1, 0.15) is 0 Å². The summed E-state index contributed by atoms with van der Waals surface area (Å²) in [6.45, 7) is 14.1. The normalized spacial score (nSPS) is 18.3. The topological polar surface area (TPSA) is 0 Å². The Balaban J connectivity index is 1.45. The van der Waals surface area contributed by atoms with Gasteiger partial charge in [-0.25, -0.2) is 0 Å². The van der Waals surface area contributed by atoms with Crippen molar-refractivity contribution in [1.82, 2.24) is 0 Å². The molecule has 0 heterocycles. The molecule has 0 aromatic heterocycles. The van der Waals surface area contributed by atoms with Gasteiger partial charge >= 0.3 is 254 Å². The first-order valence-corrected chi connectivity index (χ1v) is 23.1. The number of allylic oxidation sites excluding steroid dienone is 2. The zero-order chi connectivity index (χ0) is 29.1. The van der Waals surface area contributed by atoms with E-state index in [4.69, 9.17) is 0 Å². The van der Waals surface area contributed by atoms with Gasteiger partial charge in [-0.3, -0.25) is 0 Å². The van der Waals surface area contributed by atoms with Gasteiger partial charge in [0.05, 0.1) is 0 Å². The molecule has 0 bridgehead atoms. The van der Waals surface area contributed by atoms with Gasteiger partial charge in [-0.1, -0.05) is 0 Å². The van der Waals surface area contributed by atoms with Crippen molar-refractivity contribution in [3.8, 4) is 22.3 Å². The molecule has 0 N–H and O–H groups in total. The molecular weight excluding hydrogens is 572 g/mol. The molecule has 208 valence electrons. The van der Waals surface area contributed by atoms with Crippen LogP contribution < -0.4 is 0 Å². The first-order valence-electron chi connectivity index (χ1n) is 15.3. The molecule has 0 spiro atoms. The number of fused-ring (bicyclic) bond motifs is 2. The summed E-state index contributed by atoms with van der Waals surface area (Å²) in [4.78, 5) is 0. The van der Waals surface area contributed by atoms with Crippen molar-refractivity contribution in [1.29, 1.82) is 0 Å². The van der Waals surface area contributed by atoms with Crippen LogP contribution in [0.1, 0.15) is 76.6 Å². The van der Waals surface area contributed by atoms with Gasteiger partial charge in [0.25, 0.3) is 0 Å². The first-order chi connectivity index (χ1) is 19.5. The predicted molar refractivity (Wildman–Crippen MR) is 176 cm³/mol. The van der Waals surface area contributed by atoms with Crippen LogP contribution in [0, 0.1) is 5.92 Å². The van der Waals surface area contributed by atoms with Gasteiger partial charge in [0.2, 0.25) is 0 Å². The molecule has 4 aromatic carbocycles. The second-order valence-electron chi connectivity index (χ2n) is 14.2. The molecule has 0 nitrogen and oxygen atoms in total. The van der Waals surface area contributed by atoms with Crippen molar-refractivity contribution < 1.29 is 20.3 Å². The van der Waals surface area contributed by atoms with E-state index in [1.807, 2.05) is 0 Å². The standard InChI is InChI=1S/C22H25.C16H13.2CH3.Zr/c1-15(2)18-13-17-7-6-8-20(21(17)14-18)16-9-11-19(12-10-16)22(3,4)5;1-12-10-14-8-5-9-15(16(14)11-12)13-6-3-2-4-7-13;;;/h6-15H,1-5H3;2-11H,1H3;2*1H3;. The molecule has 4 aromatic rings. The van der Waals surface area contributed by atoms with E-state index in [0.29, 0.717) is 13.2 Å². The minimum atomic E-state index is -2.94. The first kappa shape index (κ1) is 28.4. The van der Waals surface area contributed by atoms with Crippen LogP contribution in [0.5, 0.6) is 0 Å². The second kappa shape index (κ2) is 10.5. The van der Waals surface area contributed by atoms with Gasteiger partial charge in [0.15, 0.2) is 0 Å². The maximum atomic E-state index is 2.72. The van der Waals surface area contributed by atoms with Crippen LogP contribution >= 0.6 is 0 Å². The SMILES string of the molecule is CC1=Cc2c(-c3ccccc3)cccc2[CH]1[Zr]([CH3])([CH3])[CH]1C(C(C)C)=Cc2c(-c3ccc(C(C)(C)C)cc3)cccc21. The summed E-state index contributed by atoms with van der Waals surface area (Å²) in [5.74, 6) is 0.528. The molecule has 2 aliphatic carbocycles. The van der Waals surface area contributed by atoms with Crippen LogP contribution in [0.3, 0.4) is 0 Å². The fraction of sp³-hybridized carbons (Fsp3) is 0.300. The predicted octanol–water partition coefficient (Wildman–Crippen LogP) is 11.8. The van der Waals surface area contributed by atoms with E-state index >= 15 is 0 Å². The molecule has 0 saturated heterocycles. The van der Waals surface area contributed by atoms with Crippen LogP contribution in [0.25, 0.3) is 34.4 Å². The van der Waals surface area contributed by atoms with Gasteiger partial charge in [-0.05, 0) is 0 Å². The van der Waals surface area contributed by atoms with Crippen LogP contribution in [0.2, 0.25) is 9.26 Å². The fourth-order valence-electron chi connectivity index (χ4n) is 7.73. The van der Waals surface area contributed by atoms with Crippen molar-refractivity contribution in [2.75, 3.05) is 0 Å². The Morgan fingerprint density at radius 1 is 0.610 bits per heavy atom.